The van der Waals surface area contributed by atoms with Crippen LogP contribution in [0.1, 0.15) is 23.0 Å². The van der Waals surface area contributed by atoms with Crippen LogP contribution in [0.3, 0.4) is 0 Å². The average molecular weight is 339 g/mol. The van der Waals surface area contributed by atoms with Gasteiger partial charge < -0.3 is 4.57 Å². The molecule has 2 amide bonds. The lowest BCUT2D eigenvalue weighted by Crippen LogP contribution is -2.21. The second kappa shape index (κ2) is 5.49. The molecule has 0 bridgehead atoms. The highest BCUT2D eigenvalue weighted by Crippen LogP contribution is 2.41. The number of amides is 2. The predicted molar refractivity (Wildman–Crippen MR) is 93.0 cm³/mol. The Labute approximate surface area is 144 Å². The summed E-state index contributed by atoms with van der Waals surface area (Å²) in [5.41, 5.74) is 2.65. The van der Waals surface area contributed by atoms with E-state index in [9.17, 15) is 9.59 Å². The van der Waals surface area contributed by atoms with Gasteiger partial charge in [0.2, 0.25) is 11.8 Å². The number of nitrogens with zero attached hydrogens (tertiary/aromatic N) is 1. The van der Waals surface area contributed by atoms with Crippen molar-refractivity contribution in [2.24, 2.45) is 7.05 Å². The van der Waals surface area contributed by atoms with Gasteiger partial charge in [0.1, 0.15) is 0 Å². The Morgan fingerprint density at radius 3 is 2.54 bits per heavy atom. The van der Waals surface area contributed by atoms with Crippen LogP contribution in [0.15, 0.2) is 54.7 Å². The van der Waals surface area contributed by atoms with Crippen molar-refractivity contribution in [2.75, 3.05) is 0 Å². The Morgan fingerprint density at radius 2 is 1.75 bits per heavy atom. The largest absolute Gasteiger partial charge is 0.350 e. The molecule has 4 rings (SSSR count). The van der Waals surface area contributed by atoms with E-state index in [2.05, 4.69) is 5.32 Å². The van der Waals surface area contributed by atoms with E-state index < -0.39 is 11.8 Å². The van der Waals surface area contributed by atoms with Gasteiger partial charge >= 0.3 is 0 Å². The van der Waals surface area contributed by atoms with E-state index in [1.54, 1.807) is 18.2 Å². The lowest BCUT2D eigenvalue weighted by Gasteiger charge is -2.15. The molecule has 1 N–H and O–H groups in total. The number of fused-ring (bicyclic) bond motifs is 1. The first kappa shape index (κ1) is 15.0. The zero-order chi connectivity index (χ0) is 16.8. The highest BCUT2D eigenvalue weighted by atomic mass is 35.5. The first-order valence-electron chi connectivity index (χ1n) is 7.70. The van der Waals surface area contributed by atoms with E-state index in [0.29, 0.717) is 5.02 Å². The topological polar surface area (TPSA) is 51.1 Å². The number of imide groups is 1. The molecule has 1 aromatic heterocycles. The third-order valence-electron chi connectivity index (χ3n) is 4.62. The summed E-state index contributed by atoms with van der Waals surface area (Å²) in [6, 6.07) is 15.0. The number of carbonyl (C=O) groups is 2. The third-order valence-corrected chi connectivity index (χ3v) is 4.85. The number of benzene rings is 2. The van der Waals surface area contributed by atoms with Crippen molar-refractivity contribution < 1.29 is 9.59 Å². The van der Waals surface area contributed by atoms with Crippen molar-refractivity contribution in [1.82, 2.24) is 9.88 Å². The van der Waals surface area contributed by atoms with Crippen LogP contribution >= 0.6 is 11.6 Å². The molecular weight excluding hydrogens is 324 g/mol. The standard InChI is InChI=1S/C19H15ClN2O2/c1-22-10-14(13-7-2-3-8-15(13)22)17-16(18(23)21-19(17)24)11-5-4-6-12(20)9-11/h2-10,16-17H,1H3,(H,21,23,24). The molecule has 2 aromatic carbocycles. The van der Waals surface area contributed by atoms with E-state index in [-0.39, 0.29) is 11.8 Å². The normalized spacial score (nSPS) is 20.6. The fourth-order valence-corrected chi connectivity index (χ4v) is 3.76. The van der Waals surface area contributed by atoms with Crippen LogP contribution in [0, 0.1) is 0 Å². The Balaban J connectivity index is 1.90. The Kier molecular flexibility index (Phi) is 3.43. The Hall–Kier alpha value is -2.59. The van der Waals surface area contributed by atoms with Gasteiger partial charge in [0, 0.05) is 29.2 Å². The number of para-hydroxylation sites is 1. The number of nitrogens with one attached hydrogen (secondary N) is 1. The number of hydrogen-bond acceptors (Lipinski definition) is 2. The smallest absolute Gasteiger partial charge is 0.235 e. The van der Waals surface area contributed by atoms with Gasteiger partial charge in [0.05, 0.1) is 11.8 Å². The molecule has 120 valence electrons. The Morgan fingerprint density at radius 1 is 1.00 bits per heavy atom. The van der Waals surface area contributed by atoms with Crippen molar-refractivity contribution in [1.29, 1.82) is 0 Å². The summed E-state index contributed by atoms with van der Waals surface area (Å²) < 4.78 is 1.98. The number of halogens is 1. The van der Waals surface area contributed by atoms with Crippen molar-refractivity contribution in [2.45, 2.75) is 11.8 Å². The molecular formula is C19H15ClN2O2. The van der Waals surface area contributed by atoms with Crippen molar-refractivity contribution in [3.63, 3.8) is 0 Å². The molecule has 24 heavy (non-hydrogen) atoms. The molecule has 1 saturated heterocycles. The van der Waals surface area contributed by atoms with Crippen LogP contribution in [-0.4, -0.2) is 16.4 Å². The number of carbonyl (C=O) groups excluding carboxylic acids is 2. The molecule has 4 nitrogen and oxygen atoms in total. The van der Waals surface area contributed by atoms with Gasteiger partial charge in [-0.3, -0.25) is 14.9 Å². The van der Waals surface area contributed by atoms with Crippen molar-refractivity contribution in [3.05, 3.63) is 70.9 Å². The number of rotatable bonds is 2. The third kappa shape index (κ3) is 2.22. The summed E-state index contributed by atoms with van der Waals surface area (Å²) in [6.45, 7) is 0. The molecule has 0 spiro atoms. The minimum Gasteiger partial charge on any atom is -0.350 e. The summed E-state index contributed by atoms with van der Waals surface area (Å²) in [4.78, 5) is 25.0. The fourth-order valence-electron chi connectivity index (χ4n) is 3.57. The molecule has 2 unspecified atom stereocenters. The van der Waals surface area contributed by atoms with Crippen LogP contribution < -0.4 is 5.32 Å². The SMILES string of the molecule is Cn1cc(C2C(=O)NC(=O)C2c2cccc(Cl)c2)c2ccccc21. The van der Waals surface area contributed by atoms with Crippen LogP contribution in [0.4, 0.5) is 0 Å². The predicted octanol–water partition coefficient (Wildman–Crippen LogP) is 3.36. The summed E-state index contributed by atoms with van der Waals surface area (Å²) in [5.74, 6) is -1.66. The van der Waals surface area contributed by atoms with Crippen LogP contribution in [0.2, 0.25) is 5.02 Å². The van der Waals surface area contributed by atoms with E-state index in [4.69, 9.17) is 11.6 Å². The maximum absolute atomic E-state index is 12.5. The van der Waals surface area contributed by atoms with E-state index in [1.807, 2.05) is 48.1 Å². The van der Waals surface area contributed by atoms with E-state index >= 15 is 0 Å². The number of aromatic nitrogens is 1. The van der Waals surface area contributed by atoms with E-state index in [1.165, 1.54) is 0 Å². The van der Waals surface area contributed by atoms with Crippen molar-refractivity contribution in [3.8, 4) is 0 Å². The van der Waals surface area contributed by atoms with Gasteiger partial charge in [0.25, 0.3) is 0 Å². The first-order valence-corrected chi connectivity index (χ1v) is 8.08. The number of aryl methyl sites for hydroxylation is 1. The quantitative estimate of drug-likeness (QED) is 0.728. The molecule has 0 aliphatic carbocycles. The molecule has 0 radical (unpaired) electrons. The summed E-state index contributed by atoms with van der Waals surface area (Å²) in [6.07, 6.45) is 1.94. The first-order chi connectivity index (χ1) is 11.6. The molecule has 0 saturated carbocycles. The van der Waals surface area contributed by atoms with Gasteiger partial charge in [-0.2, -0.15) is 0 Å². The van der Waals surface area contributed by atoms with Crippen LogP contribution in [0.5, 0.6) is 0 Å². The molecule has 1 aliphatic heterocycles. The Bertz CT molecular complexity index is 976. The van der Waals surface area contributed by atoms with Crippen molar-refractivity contribution >= 4 is 34.3 Å². The molecule has 3 aromatic rings. The van der Waals surface area contributed by atoms with Gasteiger partial charge in [-0.25, -0.2) is 0 Å². The van der Waals surface area contributed by atoms with Gasteiger partial charge in [0.15, 0.2) is 0 Å². The number of hydrogen-bond donors (Lipinski definition) is 1. The molecule has 1 aliphatic rings. The molecule has 5 heteroatoms. The summed E-state index contributed by atoms with van der Waals surface area (Å²) in [7, 11) is 1.94. The maximum Gasteiger partial charge on any atom is 0.235 e. The summed E-state index contributed by atoms with van der Waals surface area (Å²) in [5, 5.41) is 4.02. The minimum atomic E-state index is -0.568. The average Bonchev–Trinajstić information content (AvgIpc) is 3.04. The molecule has 2 atom stereocenters. The maximum atomic E-state index is 12.5. The fraction of sp³-hybridized carbons (Fsp3) is 0.158. The van der Waals surface area contributed by atoms with Gasteiger partial charge in [-0.1, -0.05) is 41.9 Å². The zero-order valence-electron chi connectivity index (χ0n) is 13.0. The zero-order valence-corrected chi connectivity index (χ0v) is 13.7. The monoisotopic (exact) mass is 338 g/mol. The van der Waals surface area contributed by atoms with Gasteiger partial charge in [-0.15, -0.1) is 0 Å². The van der Waals surface area contributed by atoms with Gasteiger partial charge in [-0.05, 0) is 29.3 Å². The lowest BCUT2D eigenvalue weighted by molar-refractivity contribution is -0.125. The highest BCUT2D eigenvalue weighted by Gasteiger charge is 2.44. The minimum absolute atomic E-state index is 0.263. The van der Waals surface area contributed by atoms with Crippen LogP contribution in [-0.2, 0) is 16.6 Å². The highest BCUT2D eigenvalue weighted by molar-refractivity contribution is 6.30. The lowest BCUT2D eigenvalue weighted by atomic mass is 9.83. The molecule has 1 fully saturated rings. The summed E-state index contributed by atoms with van der Waals surface area (Å²) >= 11 is 6.08. The second-order valence-electron chi connectivity index (χ2n) is 6.08. The van der Waals surface area contributed by atoms with Crippen LogP contribution in [0.25, 0.3) is 10.9 Å². The molecule has 2 heterocycles. The second-order valence-corrected chi connectivity index (χ2v) is 6.51. The van der Waals surface area contributed by atoms with E-state index in [0.717, 1.165) is 22.0 Å².